The van der Waals surface area contributed by atoms with Crippen LogP contribution in [0.15, 0.2) is 84.0 Å². The minimum Gasteiger partial charge on any atom is -0.432 e. The first-order valence-corrected chi connectivity index (χ1v) is 17.2. The molecule has 8 nitrogen and oxygen atoms in total. The Hall–Kier alpha value is -3.63. The molecule has 212 valence electrons. The van der Waals surface area contributed by atoms with E-state index >= 15 is 0 Å². The summed E-state index contributed by atoms with van der Waals surface area (Å²) in [6, 6.07) is 24.8. The van der Waals surface area contributed by atoms with Gasteiger partial charge in [-0.1, -0.05) is 55.5 Å². The molecule has 3 aromatic rings. The number of fused-ring (bicyclic) bond motifs is 2. The highest BCUT2D eigenvalue weighted by atomic mass is 28.4. The molecule has 9 heteroatoms. The SMILES string of the molecule is C[C@@H]1[C@@H]([Si](C)(C)O)[C@H](CCO)O[C@@]12C(=O)N(c1ccccc1)c1ccc(N3N=C(c4ccccc4)CCC3=O)cc12. The molecule has 0 aliphatic carbocycles. The Balaban J connectivity index is 1.52. The zero-order chi connectivity index (χ0) is 28.9. The van der Waals surface area contributed by atoms with E-state index in [0.717, 1.165) is 11.3 Å². The number of benzene rings is 3. The number of ether oxygens (including phenoxy) is 1. The summed E-state index contributed by atoms with van der Waals surface area (Å²) in [4.78, 5) is 40.8. The summed E-state index contributed by atoms with van der Waals surface area (Å²) >= 11 is 0. The first-order valence-electron chi connectivity index (χ1n) is 14.2. The molecule has 0 saturated carbocycles. The Morgan fingerprint density at radius 3 is 2.32 bits per heavy atom. The van der Waals surface area contributed by atoms with Crippen LogP contribution in [-0.2, 0) is 19.9 Å². The molecule has 2 N–H and O–H groups in total. The van der Waals surface area contributed by atoms with Crippen LogP contribution in [0.2, 0.25) is 18.6 Å². The van der Waals surface area contributed by atoms with Crippen molar-refractivity contribution in [2.45, 2.75) is 56.5 Å². The zero-order valence-electron chi connectivity index (χ0n) is 23.5. The van der Waals surface area contributed by atoms with E-state index < -0.39 is 20.0 Å². The Morgan fingerprint density at radius 1 is 0.976 bits per heavy atom. The van der Waals surface area contributed by atoms with Crippen LogP contribution < -0.4 is 9.91 Å². The highest BCUT2D eigenvalue weighted by molar-refractivity contribution is 6.71. The van der Waals surface area contributed by atoms with Gasteiger partial charge in [-0.05, 0) is 55.4 Å². The summed E-state index contributed by atoms with van der Waals surface area (Å²) in [5.74, 6) is -0.727. The minimum absolute atomic E-state index is 0.114. The number of hydrazone groups is 1. The predicted molar refractivity (Wildman–Crippen MR) is 161 cm³/mol. The highest BCUT2D eigenvalue weighted by Crippen LogP contribution is 2.61. The van der Waals surface area contributed by atoms with Crippen molar-refractivity contribution in [2.24, 2.45) is 11.0 Å². The Morgan fingerprint density at radius 2 is 1.66 bits per heavy atom. The molecule has 1 saturated heterocycles. The fourth-order valence-corrected chi connectivity index (χ4v) is 9.55. The van der Waals surface area contributed by atoms with Gasteiger partial charge >= 0.3 is 0 Å². The number of para-hydroxylation sites is 1. The number of hydrogen-bond acceptors (Lipinski definition) is 6. The van der Waals surface area contributed by atoms with Crippen molar-refractivity contribution in [3.05, 3.63) is 90.0 Å². The van der Waals surface area contributed by atoms with Crippen LogP contribution >= 0.6 is 0 Å². The standard InChI is InChI=1S/C32H35N3O5Si/c1-21-30(41(2,3)39)28(18-19-36)40-32(21)25-20-24(14-16-27(25)34(31(32)38)23-12-8-5-9-13-23)35-29(37)17-15-26(33-35)22-10-6-4-7-11-22/h4-14,16,20-21,28,30,36,39H,15,17-19H2,1-3H3/t21-,28+,30-,32+/m1/s1. The number of anilines is 3. The van der Waals surface area contributed by atoms with Crippen molar-refractivity contribution in [1.82, 2.24) is 0 Å². The van der Waals surface area contributed by atoms with Gasteiger partial charge in [0.15, 0.2) is 13.9 Å². The van der Waals surface area contributed by atoms with E-state index in [1.54, 1.807) is 4.90 Å². The third kappa shape index (κ3) is 4.44. The van der Waals surface area contributed by atoms with Gasteiger partial charge in [-0.25, -0.2) is 5.01 Å². The van der Waals surface area contributed by atoms with E-state index in [1.165, 1.54) is 5.01 Å². The lowest BCUT2D eigenvalue weighted by Gasteiger charge is -2.32. The second kappa shape index (κ2) is 10.3. The van der Waals surface area contributed by atoms with Crippen molar-refractivity contribution >= 4 is 42.9 Å². The summed E-state index contributed by atoms with van der Waals surface area (Å²) in [5.41, 5.74) is 2.70. The predicted octanol–water partition coefficient (Wildman–Crippen LogP) is 5.08. The molecule has 2 amide bonds. The number of amides is 2. The molecule has 6 rings (SSSR count). The fraction of sp³-hybridized carbons (Fsp3) is 0.344. The van der Waals surface area contributed by atoms with Crippen molar-refractivity contribution in [3.63, 3.8) is 0 Å². The maximum absolute atomic E-state index is 14.6. The summed E-state index contributed by atoms with van der Waals surface area (Å²) in [6.45, 7) is 5.57. The number of aliphatic hydroxyl groups is 1. The van der Waals surface area contributed by atoms with Crippen LogP contribution in [0.5, 0.6) is 0 Å². The normalized spacial score (nSPS) is 26.1. The molecule has 3 aromatic carbocycles. The third-order valence-electron chi connectivity index (χ3n) is 8.69. The molecule has 4 atom stereocenters. The van der Waals surface area contributed by atoms with E-state index in [2.05, 4.69) is 0 Å². The van der Waals surface area contributed by atoms with Crippen molar-refractivity contribution in [1.29, 1.82) is 0 Å². The van der Waals surface area contributed by atoms with Crippen molar-refractivity contribution in [3.8, 4) is 0 Å². The van der Waals surface area contributed by atoms with Crippen LogP contribution in [-0.4, -0.2) is 48.5 Å². The molecule has 0 bridgehead atoms. The number of hydrogen-bond donors (Lipinski definition) is 2. The molecule has 41 heavy (non-hydrogen) atoms. The lowest BCUT2D eigenvalue weighted by molar-refractivity contribution is -0.145. The summed E-state index contributed by atoms with van der Waals surface area (Å²) in [6.07, 6.45) is 0.701. The fourth-order valence-electron chi connectivity index (χ4n) is 6.95. The van der Waals surface area contributed by atoms with E-state index in [4.69, 9.17) is 9.84 Å². The van der Waals surface area contributed by atoms with Gasteiger partial charge in [0.1, 0.15) is 0 Å². The first kappa shape index (κ1) is 27.5. The minimum atomic E-state index is -2.83. The lowest BCUT2D eigenvalue weighted by atomic mass is 9.82. The monoisotopic (exact) mass is 569 g/mol. The highest BCUT2D eigenvalue weighted by Gasteiger charge is 2.66. The van der Waals surface area contributed by atoms with Gasteiger partial charge in [0.25, 0.3) is 5.91 Å². The topological polar surface area (TPSA) is 103 Å². The Bertz CT molecular complexity index is 1510. The Labute approximate surface area is 241 Å². The molecule has 0 unspecified atom stereocenters. The van der Waals surface area contributed by atoms with Crippen molar-refractivity contribution in [2.75, 3.05) is 16.5 Å². The maximum Gasteiger partial charge on any atom is 0.268 e. The van der Waals surface area contributed by atoms with E-state index in [0.29, 0.717) is 41.9 Å². The molecule has 3 aliphatic heterocycles. The van der Waals surface area contributed by atoms with E-state index in [9.17, 15) is 19.5 Å². The van der Waals surface area contributed by atoms with Crippen LogP contribution in [0.3, 0.4) is 0 Å². The van der Waals surface area contributed by atoms with Crippen LogP contribution in [0.25, 0.3) is 0 Å². The maximum atomic E-state index is 14.6. The number of carbonyl (C=O) groups excluding carboxylic acids is 2. The average Bonchev–Trinajstić information content (AvgIpc) is 3.40. The molecule has 1 fully saturated rings. The van der Waals surface area contributed by atoms with Gasteiger partial charge in [0, 0.05) is 42.2 Å². The molecule has 3 heterocycles. The third-order valence-corrected chi connectivity index (χ3v) is 11.2. The average molecular weight is 570 g/mol. The molecule has 0 radical (unpaired) electrons. The summed E-state index contributed by atoms with van der Waals surface area (Å²) < 4.78 is 6.74. The van der Waals surface area contributed by atoms with Gasteiger partial charge in [0.2, 0.25) is 5.91 Å². The van der Waals surface area contributed by atoms with Crippen molar-refractivity contribution < 1.29 is 24.2 Å². The lowest BCUT2D eigenvalue weighted by Crippen LogP contribution is -2.45. The van der Waals surface area contributed by atoms with Gasteiger partial charge < -0.3 is 14.6 Å². The number of rotatable bonds is 6. The molecule has 1 spiro atoms. The summed E-state index contributed by atoms with van der Waals surface area (Å²) in [5, 5.41) is 16.1. The van der Waals surface area contributed by atoms with E-state index in [1.807, 2.05) is 98.9 Å². The number of nitrogens with zero attached hydrogens (tertiary/aromatic N) is 3. The Kier molecular flexibility index (Phi) is 6.94. The quantitative estimate of drug-likeness (QED) is 0.403. The zero-order valence-corrected chi connectivity index (χ0v) is 24.5. The van der Waals surface area contributed by atoms with Gasteiger partial charge in [0.05, 0.1) is 23.2 Å². The largest absolute Gasteiger partial charge is 0.432 e. The first-order chi connectivity index (χ1) is 19.7. The van der Waals surface area contributed by atoms with E-state index in [-0.39, 0.29) is 29.9 Å². The molecular weight excluding hydrogens is 534 g/mol. The smallest absolute Gasteiger partial charge is 0.268 e. The van der Waals surface area contributed by atoms with Crippen LogP contribution in [0.1, 0.15) is 37.3 Å². The van der Waals surface area contributed by atoms with Crippen LogP contribution in [0.4, 0.5) is 17.1 Å². The molecular formula is C32H35N3O5Si. The molecule has 0 aromatic heterocycles. The number of carbonyl (C=O) groups is 2. The summed E-state index contributed by atoms with van der Waals surface area (Å²) in [7, 11) is -2.83. The second-order valence-corrected chi connectivity index (χ2v) is 15.6. The van der Waals surface area contributed by atoms with Gasteiger partial charge in [-0.3, -0.25) is 14.5 Å². The molecule has 3 aliphatic rings. The van der Waals surface area contributed by atoms with Gasteiger partial charge in [-0.2, -0.15) is 5.10 Å². The van der Waals surface area contributed by atoms with Gasteiger partial charge in [-0.15, -0.1) is 0 Å². The van der Waals surface area contributed by atoms with Crippen LogP contribution in [0, 0.1) is 5.92 Å². The second-order valence-electron chi connectivity index (χ2n) is 11.7. The number of aliphatic hydroxyl groups excluding tert-OH is 1.